The van der Waals surface area contributed by atoms with Crippen LogP contribution in [0.1, 0.15) is 22.7 Å². The maximum atomic E-state index is 9.41. The molecule has 0 aliphatic carbocycles. The average molecular weight is 266 g/mol. The van der Waals surface area contributed by atoms with Crippen molar-refractivity contribution in [2.75, 3.05) is 12.4 Å². The van der Waals surface area contributed by atoms with Gasteiger partial charge in [0.1, 0.15) is 11.8 Å². The summed E-state index contributed by atoms with van der Waals surface area (Å²) in [5, 5.41) is 12.6. The number of ether oxygens (including phenoxy) is 1. The summed E-state index contributed by atoms with van der Waals surface area (Å²) < 4.78 is 5.30. The van der Waals surface area contributed by atoms with E-state index in [1.807, 2.05) is 42.5 Å². The van der Waals surface area contributed by atoms with E-state index in [-0.39, 0.29) is 0 Å². The number of hydrogen-bond donors (Lipinski definition) is 1. The van der Waals surface area contributed by atoms with Crippen molar-refractivity contribution in [3.63, 3.8) is 0 Å². The fourth-order valence-corrected chi connectivity index (χ4v) is 2.05. The number of anilines is 1. The molecule has 1 N–H and O–H groups in total. The molecule has 2 rings (SSSR count). The van der Waals surface area contributed by atoms with Gasteiger partial charge in [-0.25, -0.2) is 0 Å². The first-order valence-electron chi connectivity index (χ1n) is 6.52. The molecule has 0 saturated carbocycles. The first-order chi connectivity index (χ1) is 9.65. The predicted octanol–water partition coefficient (Wildman–Crippen LogP) is 3.99. The van der Waals surface area contributed by atoms with Crippen LogP contribution in [0.3, 0.4) is 0 Å². The number of para-hydroxylation sites is 2. The van der Waals surface area contributed by atoms with E-state index < -0.39 is 6.04 Å². The molecule has 3 heteroatoms. The number of rotatable bonds is 4. The Bertz CT molecular complexity index is 644. The zero-order valence-corrected chi connectivity index (χ0v) is 12.0. The Morgan fingerprint density at radius 3 is 2.50 bits per heavy atom. The third-order valence-corrected chi connectivity index (χ3v) is 3.40. The Morgan fingerprint density at radius 2 is 1.85 bits per heavy atom. The summed E-state index contributed by atoms with van der Waals surface area (Å²) >= 11 is 0. The number of nitrogens with one attached hydrogen (secondary N) is 1. The minimum absolute atomic E-state index is 0.398. The molecule has 0 spiro atoms. The Labute approximate surface area is 119 Å². The molecule has 1 unspecified atom stereocenters. The van der Waals surface area contributed by atoms with Crippen molar-refractivity contribution in [2.24, 2.45) is 0 Å². The lowest BCUT2D eigenvalue weighted by Crippen LogP contribution is -2.09. The molecule has 0 saturated heterocycles. The molecule has 3 nitrogen and oxygen atoms in total. The molecule has 0 aliphatic rings. The zero-order valence-electron chi connectivity index (χ0n) is 12.0. The van der Waals surface area contributed by atoms with Gasteiger partial charge in [-0.2, -0.15) is 5.26 Å². The molecular weight excluding hydrogens is 248 g/mol. The second kappa shape index (κ2) is 6.12. The molecule has 2 aromatic rings. The van der Waals surface area contributed by atoms with Crippen LogP contribution in [-0.4, -0.2) is 7.11 Å². The fraction of sp³-hybridized carbons (Fsp3) is 0.235. The summed E-state index contributed by atoms with van der Waals surface area (Å²) in [7, 11) is 1.62. The van der Waals surface area contributed by atoms with E-state index in [0.29, 0.717) is 0 Å². The molecule has 0 fully saturated rings. The van der Waals surface area contributed by atoms with Gasteiger partial charge in [0.2, 0.25) is 0 Å². The maximum Gasteiger partial charge on any atom is 0.141 e. The smallest absolute Gasteiger partial charge is 0.141 e. The minimum atomic E-state index is -0.398. The van der Waals surface area contributed by atoms with Crippen LogP contribution >= 0.6 is 0 Å². The lowest BCUT2D eigenvalue weighted by Gasteiger charge is -2.16. The largest absolute Gasteiger partial charge is 0.495 e. The molecule has 0 aliphatic heterocycles. The summed E-state index contributed by atoms with van der Waals surface area (Å²) in [4.78, 5) is 0. The summed E-state index contributed by atoms with van der Waals surface area (Å²) in [5.74, 6) is 0.733. The number of hydrogen-bond acceptors (Lipinski definition) is 3. The molecule has 0 amide bonds. The molecule has 1 atom stereocenters. The topological polar surface area (TPSA) is 45.0 Å². The third-order valence-electron chi connectivity index (χ3n) is 3.40. The summed E-state index contributed by atoms with van der Waals surface area (Å²) in [5.41, 5.74) is 4.19. The molecule has 0 heterocycles. The SMILES string of the molecule is COc1ccccc1NC(C#N)c1ccc(C)c(C)c1. The lowest BCUT2D eigenvalue weighted by atomic mass is 10.0. The van der Waals surface area contributed by atoms with Crippen molar-refractivity contribution in [3.8, 4) is 11.8 Å². The van der Waals surface area contributed by atoms with Crippen LogP contribution in [0.5, 0.6) is 5.75 Å². The third kappa shape index (κ3) is 2.92. The van der Waals surface area contributed by atoms with Gasteiger partial charge < -0.3 is 10.1 Å². The molecule has 0 radical (unpaired) electrons. The van der Waals surface area contributed by atoms with Crippen molar-refractivity contribution >= 4 is 5.69 Å². The highest BCUT2D eigenvalue weighted by molar-refractivity contribution is 5.58. The van der Waals surface area contributed by atoms with Crippen molar-refractivity contribution in [1.82, 2.24) is 0 Å². The number of nitrogens with zero attached hydrogens (tertiary/aromatic N) is 1. The molecule has 102 valence electrons. The average Bonchev–Trinajstić information content (AvgIpc) is 2.48. The number of nitriles is 1. The van der Waals surface area contributed by atoms with Crippen LogP contribution in [0.15, 0.2) is 42.5 Å². The minimum Gasteiger partial charge on any atom is -0.495 e. The van der Waals surface area contributed by atoms with Crippen molar-refractivity contribution in [1.29, 1.82) is 5.26 Å². The maximum absolute atomic E-state index is 9.41. The highest BCUT2D eigenvalue weighted by Crippen LogP contribution is 2.28. The number of benzene rings is 2. The van der Waals surface area contributed by atoms with Gasteiger partial charge in [-0.05, 0) is 42.7 Å². The van der Waals surface area contributed by atoms with Crippen molar-refractivity contribution < 1.29 is 4.74 Å². The Balaban J connectivity index is 2.29. The highest BCUT2D eigenvalue weighted by Gasteiger charge is 2.13. The van der Waals surface area contributed by atoms with E-state index >= 15 is 0 Å². The standard InChI is InChI=1S/C17H18N2O/c1-12-8-9-14(10-13(12)2)16(11-18)19-15-6-4-5-7-17(15)20-3/h4-10,16,19H,1-3H3. The first kappa shape index (κ1) is 14.0. The van der Waals surface area contributed by atoms with Crippen LogP contribution in [0.25, 0.3) is 0 Å². The van der Waals surface area contributed by atoms with E-state index in [4.69, 9.17) is 4.74 Å². The van der Waals surface area contributed by atoms with Gasteiger partial charge >= 0.3 is 0 Å². The quantitative estimate of drug-likeness (QED) is 0.910. The molecule has 20 heavy (non-hydrogen) atoms. The van der Waals surface area contributed by atoms with Crippen LogP contribution < -0.4 is 10.1 Å². The van der Waals surface area contributed by atoms with Gasteiger partial charge in [0.05, 0.1) is 18.9 Å². The van der Waals surface area contributed by atoms with E-state index in [1.54, 1.807) is 7.11 Å². The van der Waals surface area contributed by atoms with Gasteiger partial charge in [-0.3, -0.25) is 0 Å². The lowest BCUT2D eigenvalue weighted by molar-refractivity contribution is 0.416. The zero-order chi connectivity index (χ0) is 14.5. The highest BCUT2D eigenvalue weighted by atomic mass is 16.5. The number of aryl methyl sites for hydroxylation is 2. The van der Waals surface area contributed by atoms with Crippen molar-refractivity contribution in [2.45, 2.75) is 19.9 Å². The fourth-order valence-electron chi connectivity index (χ4n) is 2.05. The predicted molar refractivity (Wildman–Crippen MR) is 80.9 cm³/mol. The first-order valence-corrected chi connectivity index (χ1v) is 6.52. The normalized spacial score (nSPS) is 11.5. The second-order valence-electron chi connectivity index (χ2n) is 4.75. The second-order valence-corrected chi connectivity index (χ2v) is 4.75. The van der Waals surface area contributed by atoms with Crippen LogP contribution in [-0.2, 0) is 0 Å². The van der Waals surface area contributed by atoms with E-state index in [0.717, 1.165) is 17.0 Å². The molecule has 0 aromatic heterocycles. The van der Waals surface area contributed by atoms with Gasteiger partial charge in [0, 0.05) is 0 Å². The van der Waals surface area contributed by atoms with Crippen molar-refractivity contribution in [3.05, 3.63) is 59.2 Å². The monoisotopic (exact) mass is 266 g/mol. The van der Waals surface area contributed by atoms with Crippen LogP contribution in [0.4, 0.5) is 5.69 Å². The summed E-state index contributed by atoms with van der Waals surface area (Å²) in [6, 6.07) is 15.6. The van der Waals surface area contributed by atoms with Gasteiger partial charge in [-0.1, -0.05) is 30.3 Å². The summed E-state index contributed by atoms with van der Waals surface area (Å²) in [6.07, 6.45) is 0. The Kier molecular flexibility index (Phi) is 4.27. The van der Waals surface area contributed by atoms with Crippen LogP contribution in [0.2, 0.25) is 0 Å². The molecule has 2 aromatic carbocycles. The number of methoxy groups -OCH3 is 1. The Hall–Kier alpha value is -2.47. The summed E-state index contributed by atoms with van der Waals surface area (Å²) in [6.45, 7) is 4.12. The molecule has 0 bridgehead atoms. The molecular formula is C17H18N2O. The van der Waals surface area contributed by atoms with Crippen LogP contribution in [0, 0.1) is 25.2 Å². The van der Waals surface area contributed by atoms with E-state index in [1.165, 1.54) is 11.1 Å². The van der Waals surface area contributed by atoms with E-state index in [2.05, 4.69) is 25.2 Å². The Morgan fingerprint density at radius 1 is 1.10 bits per heavy atom. The van der Waals surface area contributed by atoms with Gasteiger partial charge in [-0.15, -0.1) is 0 Å². The van der Waals surface area contributed by atoms with Gasteiger partial charge in [0.25, 0.3) is 0 Å². The van der Waals surface area contributed by atoms with Gasteiger partial charge in [0.15, 0.2) is 0 Å². The van der Waals surface area contributed by atoms with E-state index in [9.17, 15) is 5.26 Å².